The third-order valence-corrected chi connectivity index (χ3v) is 14.3. The molecule has 3 heterocycles. The molecular weight excluding hydrogens is 751 g/mol. The van der Waals surface area contributed by atoms with Crippen LogP contribution in [0.3, 0.4) is 0 Å². The Hall–Kier alpha value is -4.04. The number of hydrogen-bond donors (Lipinski definition) is 1. The lowest BCUT2D eigenvalue weighted by Crippen LogP contribution is -2.48. The predicted molar refractivity (Wildman–Crippen MR) is 214 cm³/mol. The highest BCUT2D eigenvalue weighted by Crippen LogP contribution is 2.57. The Balaban J connectivity index is 1.34. The lowest BCUT2D eigenvalue weighted by atomic mass is 9.82. The number of carbonyl (C=O) groups is 4. The number of Topliss-reactive ketones (excluding diaryl/α,β-unsaturated/α-hetero) is 1. The molecule has 14 heteroatoms. The Kier molecular flexibility index (Phi) is 12.5. The normalized spacial score (nSPS) is 29.6. The maximum absolute atomic E-state index is 14.9. The molecule has 1 saturated heterocycles. The summed E-state index contributed by atoms with van der Waals surface area (Å²) in [6.45, 7) is 11.8. The van der Waals surface area contributed by atoms with Crippen molar-refractivity contribution in [3.63, 3.8) is 0 Å². The van der Waals surface area contributed by atoms with Crippen molar-refractivity contribution in [3.05, 3.63) is 42.6 Å². The smallest absolute Gasteiger partial charge is 0.307 e. The second-order valence-electron chi connectivity index (χ2n) is 18.0. The van der Waals surface area contributed by atoms with E-state index in [1.54, 1.807) is 41.0 Å². The molecule has 57 heavy (non-hydrogen) atoms. The molecule has 1 aromatic carbocycles. The van der Waals surface area contributed by atoms with Crippen LogP contribution >= 0.6 is 0 Å². The lowest BCUT2D eigenvalue weighted by Gasteiger charge is -2.32. The highest BCUT2D eigenvalue weighted by Gasteiger charge is 2.62. The summed E-state index contributed by atoms with van der Waals surface area (Å²) in [7, 11) is -2.36. The molecule has 312 valence electrons. The molecule has 1 N–H and O–H groups in total. The van der Waals surface area contributed by atoms with E-state index in [0.717, 1.165) is 11.8 Å². The van der Waals surface area contributed by atoms with E-state index >= 15 is 0 Å². The number of ether oxygens (including phenoxy) is 4. The van der Waals surface area contributed by atoms with Gasteiger partial charge in [-0.1, -0.05) is 44.2 Å². The Labute approximate surface area is 336 Å². The fraction of sp³-hybridized carbons (Fsp3) is 0.651. The van der Waals surface area contributed by atoms with E-state index in [-0.39, 0.29) is 55.3 Å². The van der Waals surface area contributed by atoms with Gasteiger partial charge in [-0.15, -0.1) is 0 Å². The number of esters is 1. The van der Waals surface area contributed by atoms with Crippen LogP contribution in [0.5, 0.6) is 11.6 Å². The minimum atomic E-state index is -3.96. The Bertz CT molecular complexity index is 1990. The molecule has 13 nitrogen and oxygen atoms in total. The number of benzene rings is 1. The second-order valence-corrected chi connectivity index (χ2v) is 20.2. The van der Waals surface area contributed by atoms with Gasteiger partial charge in [0.1, 0.15) is 24.1 Å². The highest BCUT2D eigenvalue weighted by molar-refractivity contribution is 7.91. The van der Waals surface area contributed by atoms with Gasteiger partial charge in [-0.25, -0.2) is 13.4 Å². The van der Waals surface area contributed by atoms with Crippen LogP contribution < -0.4 is 14.2 Å². The molecule has 0 spiro atoms. The Morgan fingerprint density at radius 3 is 2.46 bits per heavy atom. The van der Waals surface area contributed by atoms with Gasteiger partial charge in [0.15, 0.2) is 5.78 Å². The minimum Gasteiger partial charge on any atom is -0.489 e. The summed E-state index contributed by atoms with van der Waals surface area (Å²) < 4.78 is 51.1. The summed E-state index contributed by atoms with van der Waals surface area (Å²) in [5.41, 5.74) is -2.03. The highest BCUT2D eigenvalue weighted by atomic mass is 32.2. The van der Waals surface area contributed by atoms with E-state index in [1.807, 2.05) is 43.3 Å². The Morgan fingerprint density at radius 1 is 1.05 bits per heavy atom. The first kappa shape index (κ1) is 42.6. The fourth-order valence-corrected chi connectivity index (χ4v) is 9.72. The number of methoxy groups -OCH3 is 1. The number of amides is 2. The number of carbonyl (C=O) groups excluding carboxylic acids is 4. The third-order valence-electron chi connectivity index (χ3n) is 12.1. The van der Waals surface area contributed by atoms with Crippen molar-refractivity contribution in [2.45, 2.75) is 122 Å². The summed E-state index contributed by atoms with van der Waals surface area (Å²) >= 11 is 0. The maximum atomic E-state index is 14.9. The van der Waals surface area contributed by atoms with Gasteiger partial charge >= 0.3 is 5.97 Å². The summed E-state index contributed by atoms with van der Waals surface area (Å²) in [6, 6.07) is 6.52. The van der Waals surface area contributed by atoms with E-state index < -0.39 is 55.7 Å². The molecule has 3 fully saturated rings. The maximum Gasteiger partial charge on any atom is 0.307 e. The van der Waals surface area contributed by atoms with Crippen molar-refractivity contribution in [1.29, 1.82) is 0 Å². The van der Waals surface area contributed by atoms with Crippen molar-refractivity contribution >= 4 is 44.4 Å². The third kappa shape index (κ3) is 9.64. The van der Waals surface area contributed by atoms with Gasteiger partial charge in [0.25, 0.3) is 0 Å². The number of rotatable bonds is 11. The average molecular weight is 810 g/mol. The number of allylic oxidation sites excluding steroid dienone is 2. The van der Waals surface area contributed by atoms with Crippen molar-refractivity contribution < 1.29 is 46.5 Å². The number of sulfonamides is 1. The van der Waals surface area contributed by atoms with E-state index in [2.05, 4.69) is 16.6 Å². The number of aromatic nitrogens is 1. The van der Waals surface area contributed by atoms with Gasteiger partial charge in [0.2, 0.25) is 27.7 Å². The molecule has 2 aliphatic carbocycles. The van der Waals surface area contributed by atoms with Crippen LogP contribution in [-0.2, 0) is 38.7 Å². The number of hydrogen-bond acceptors (Lipinski definition) is 11. The zero-order chi connectivity index (χ0) is 41.3. The quantitative estimate of drug-likeness (QED) is 0.162. The molecule has 7 atom stereocenters. The van der Waals surface area contributed by atoms with Crippen LogP contribution in [0.2, 0.25) is 0 Å². The number of nitrogens with zero attached hydrogens (tertiary/aromatic N) is 2. The van der Waals surface area contributed by atoms with Crippen molar-refractivity contribution in [2.75, 3.05) is 26.9 Å². The van der Waals surface area contributed by atoms with Crippen LogP contribution in [0.25, 0.3) is 10.8 Å². The summed E-state index contributed by atoms with van der Waals surface area (Å²) in [5.74, 6) is -2.16. The van der Waals surface area contributed by atoms with Gasteiger partial charge in [0, 0.05) is 30.7 Å². The van der Waals surface area contributed by atoms with Crippen LogP contribution in [0.1, 0.15) is 99.3 Å². The summed E-state index contributed by atoms with van der Waals surface area (Å²) in [4.78, 5) is 63.1. The second kappa shape index (κ2) is 16.7. The topological polar surface area (TPSA) is 167 Å². The molecule has 6 rings (SSSR count). The predicted octanol–water partition coefficient (Wildman–Crippen LogP) is 5.93. The van der Waals surface area contributed by atoms with E-state index in [4.69, 9.17) is 18.9 Å². The molecule has 4 aliphatic rings. The van der Waals surface area contributed by atoms with Crippen LogP contribution in [0.4, 0.5) is 0 Å². The van der Waals surface area contributed by atoms with Gasteiger partial charge in [0.05, 0.1) is 47.9 Å². The molecule has 1 aromatic heterocycles. The standard InChI is InChI=1S/C43H59N3O10S/c1-27-12-8-9-13-29-23-43(29,40(50)45-57(51,52)42(6)16-17-42)24-35(47)34-21-30(26-46(34)39(49)33(28(2)20-27)22-37(48)56-41(3,4)5)55-38-32-15-11-10-14-31(32)36(25-44-38)54-19-18-53-7/h9-11,13-15,25,27-30,33-34H,8,12,16-24,26H2,1-7H3,(H,45,50)/b13-9-/t27-,28-,29-,30-,33+,34+,43-/m1/s1. The van der Waals surface area contributed by atoms with Gasteiger partial charge in [-0.2, -0.15) is 0 Å². The van der Waals surface area contributed by atoms with Gasteiger partial charge < -0.3 is 23.8 Å². The summed E-state index contributed by atoms with van der Waals surface area (Å²) in [5, 5.41) is 1.46. The average Bonchev–Trinajstić information content (AvgIpc) is 4.02. The first-order valence-corrected chi connectivity index (χ1v) is 21.8. The number of pyridine rings is 1. The van der Waals surface area contributed by atoms with E-state index in [0.29, 0.717) is 62.3 Å². The lowest BCUT2D eigenvalue weighted by molar-refractivity contribution is -0.160. The van der Waals surface area contributed by atoms with Gasteiger partial charge in [-0.05, 0) is 90.0 Å². The van der Waals surface area contributed by atoms with Crippen LogP contribution in [-0.4, -0.2) is 91.2 Å². The number of nitrogens with one attached hydrogen (secondary N) is 1. The van der Waals surface area contributed by atoms with Gasteiger partial charge in [-0.3, -0.25) is 23.9 Å². The monoisotopic (exact) mass is 809 g/mol. The minimum absolute atomic E-state index is 0.0414. The largest absolute Gasteiger partial charge is 0.489 e. The number of fused-ring (bicyclic) bond motifs is 3. The van der Waals surface area contributed by atoms with Crippen LogP contribution in [0.15, 0.2) is 42.6 Å². The fourth-order valence-electron chi connectivity index (χ4n) is 8.39. The van der Waals surface area contributed by atoms with Crippen molar-refractivity contribution in [2.24, 2.45) is 29.1 Å². The Morgan fingerprint density at radius 2 is 1.77 bits per heavy atom. The van der Waals surface area contributed by atoms with E-state index in [9.17, 15) is 27.6 Å². The van der Waals surface area contributed by atoms with Crippen LogP contribution in [0, 0.1) is 29.1 Å². The van der Waals surface area contributed by atoms with Crippen molar-refractivity contribution in [1.82, 2.24) is 14.6 Å². The molecule has 0 bridgehead atoms. The first-order chi connectivity index (χ1) is 26.9. The molecule has 2 aliphatic heterocycles. The molecule has 2 amide bonds. The molecule has 2 aromatic rings. The molecule has 0 unspecified atom stereocenters. The zero-order valence-corrected chi connectivity index (χ0v) is 35.2. The summed E-state index contributed by atoms with van der Waals surface area (Å²) in [6.07, 6.45) is 8.01. The number of ketones is 1. The van der Waals surface area contributed by atoms with Crippen molar-refractivity contribution in [3.8, 4) is 11.6 Å². The van der Waals surface area contributed by atoms with E-state index in [1.165, 1.54) is 4.90 Å². The molecule has 2 saturated carbocycles. The zero-order valence-electron chi connectivity index (χ0n) is 34.4. The molecular formula is C43H59N3O10S. The SMILES string of the molecule is COCCOc1cnc(O[C@@H]2C[C@H]3C(=O)C[C@]4(C(=O)NS(=O)(=O)C5(C)CC5)C[C@H]4/C=C\CC[C@@H](C)C[C@@H](C)[C@H](CC(=O)OC(C)(C)C)C(=O)N3C2)c2ccccc12. The first-order valence-electron chi connectivity index (χ1n) is 20.3. The molecule has 0 radical (unpaired) electrons.